The fourth-order valence-corrected chi connectivity index (χ4v) is 2.56. The zero-order valence-electron chi connectivity index (χ0n) is 13.3. The molecule has 8 heteroatoms. The van der Waals surface area contributed by atoms with Crippen LogP contribution in [-0.4, -0.2) is 54.4 Å². The molecule has 0 saturated carbocycles. The second-order valence-corrected chi connectivity index (χ2v) is 5.57. The van der Waals surface area contributed by atoms with Crippen LogP contribution in [0.5, 0.6) is 5.75 Å². The Balaban J connectivity index is 2.06. The smallest absolute Gasteiger partial charge is 0.419 e. The third-order valence-electron chi connectivity index (χ3n) is 3.84. The third-order valence-corrected chi connectivity index (χ3v) is 3.84. The summed E-state index contributed by atoms with van der Waals surface area (Å²) in [6.07, 6.45) is -4.24. The Morgan fingerprint density at radius 3 is 2.58 bits per heavy atom. The van der Waals surface area contributed by atoms with E-state index in [0.29, 0.717) is 32.6 Å². The number of hydrogen-bond donors (Lipinski definition) is 0. The molecule has 1 aliphatic heterocycles. The summed E-state index contributed by atoms with van der Waals surface area (Å²) in [6.45, 7) is 3.17. The molecule has 24 heavy (non-hydrogen) atoms. The minimum absolute atomic E-state index is 0.339. The number of amides is 2. The second kappa shape index (κ2) is 7.55. The lowest BCUT2D eigenvalue weighted by Crippen LogP contribution is -2.42. The lowest BCUT2D eigenvalue weighted by molar-refractivity contribution is -0.143. The molecule has 0 aromatic heterocycles. The summed E-state index contributed by atoms with van der Waals surface area (Å²) in [7, 11) is 0. The Bertz CT molecular complexity index is 592. The molecule has 0 aliphatic carbocycles. The molecule has 1 aromatic carbocycles. The molecule has 1 atom stereocenters. The third kappa shape index (κ3) is 4.39. The van der Waals surface area contributed by atoms with Crippen LogP contribution < -0.4 is 4.74 Å². The molecule has 0 bridgehead atoms. The summed E-state index contributed by atoms with van der Waals surface area (Å²) < 4.78 is 44.2. The summed E-state index contributed by atoms with van der Waals surface area (Å²) in [5.74, 6) is -0.755. The lowest BCUT2D eigenvalue weighted by Gasteiger charge is -2.25. The van der Waals surface area contributed by atoms with Crippen LogP contribution in [-0.2, 0) is 15.8 Å². The normalized spacial score (nSPS) is 17.2. The Kier molecular flexibility index (Phi) is 5.69. The molecular weight excluding hydrogens is 325 g/mol. The van der Waals surface area contributed by atoms with Crippen LogP contribution in [0, 0.1) is 0 Å². The van der Waals surface area contributed by atoms with E-state index < -0.39 is 17.8 Å². The van der Waals surface area contributed by atoms with Crippen LogP contribution in [0.3, 0.4) is 0 Å². The van der Waals surface area contributed by atoms with Crippen molar-refractivity contribution >= 4 is 12.3 Å². The number of carbonyl (C=O) groups excluding carboxylic acids is 2. The van der Waals surface area contributed by atoms with Crippen molar-refractivity contribution in [3.8, 4) is 5.75 Å². The summed E-state index contributed by atoms with van der Waals surface area (Å²) >= 11 is 0. The molecule has 1 saturated heterocycles. The van der Waals surface area contributed by atoms with Gasteiger partial charge >= 0.3 is 6.18 Å². The van der Waals surface area contributed by atoms with Crippen molar-refractivity contribution in [3.05, 3.63) is 29.8 Å². The van der Waals surface area contributed by atoms with E-state index in [4.69, 9.17) is 4.74 Å². The molecule has 1 fully saturated rings. The average Bonchev–Trinajstić information content (AvgIpc) is 2.79. The zero-order chi connectivity index (χ0) is 17.7. The van der Waals surface area contributed by atoms with Gasteiger partial charge < -0.3 is 14.5 Å². The molecule has 2 amide bonds. The Morgan fingerprint density at radius 1 is 1.21 bits per heavy atom. The van der Waals surface area contributed by atoms with Crippen molar-refractivity contribution < 1.29 is 27.5 Å². The lowest BCUT2D eigenvalue weighted by atomic mass is 10.2. The van der Waals surface area contributed by atoms with Gasteiger partial charge in [-0.05, 0) is 25.5 Å². The van der Waals surface area contributed by atoms with Crippen molar-refractivity contribution in [2.75, 3.05) is 26.2 Å². The second-order valence-electron chi connectivity index (χ2n) is 5.57. The van der Waals surface area contributed by atoms with Crippen molar-refractivity contribution in [1.82, 2.24) is 9.80 Å². The van der Waals surface area contributed by atoms with E-state index in [9.17, 15) is 22.8 Å². The first-order valence-electron chi connectivity index (χ1n) is 7.64. The molecule has 132 valence electrons. The Morgan fingerprint density at radius 2 is 1.92 bits per heavy atom. The molecule has 1 aromatic rings. The van der Waals surface area contributed by atoms with Crippen molar-refractivity contribution in [3.63, 3.8) is 0 Å². The van der Waals surface area contributed by atoms with Gasteiger partial charge in [0.05, 0.1) is 5.56 Å². The molecule has 2 rings (SSSR count). The van der Waals surface area contributed by atoms with E-state index in [1.807, 2.05) is 0 Å². The van der Waals surface area contributed by atoms with Crippen LogP contribution in [0.2, 0.25) is 0 Å². The maximum Gasteiger partial charge on any atom is 0.419 e. The minimum Gasteiger partial charge on any atom is -0.480 e. The van der Waals surface area contributed by atoms with Gasteiger partial charge in [0, 0.05) is 26.2 Å². The van der Waals surface area contributed by atoms with Crippen LogP contribution in [0.25, 0.3) is 0 Å². The van der Waals surface area contributed by atoms with Crippen LogP contribution in [0.4, 0.5) is 13.2 Å². The fourth-order valence-electron chi connectivity index (χ4n) is 2.56. The first kappa shape index (κ1) is 18.1. The highest BCUT2D eigenvalue weighted by Crippen LogP contribution is 2.36. The van der Waals surface area contributed by atoms with Crippen LogP contribution >= 0.6 is 0 Å². The fraction of sp³-hybridized carbons (Fsp3) is 0.500. The van der Waals surface area contributed by atoms with E-state index in [-0.39, 0.29) is 11.7 Å². The Labute approximate surface area is 138 Å². The predicted octanol–water partition coefficient (Wildman–Crippen LogP) is 2.16. The molecule has 0 N–H and O–H groups in total. The van der Waals surface area contributed by atoms with Crippen molar-refractivity contribution in [2.24, 2.45) is 0 Å². The van der Waals surface area contributed by atoms with Gasteiger partial charge in [-0.3, -0.25) is 9.59 Å². The average molecular weight is 344 g/mol. The molecule has 1 heterocycles. The summed E-state index contributed by atoms with van der Waals surface area (Å²) in [4.78, 5) is 26.3. The number of benzene rings is 1. The summed E-state index contributed by atoms with van der Waals surface area (Å²) in [5, 5.41) is 0. The van der Waals surface area contributed by atoms with Crippen LogP contribution in [0.15, 0.2) is 24.3 Å². The van der Waals surface area contributed by atoms with Crippen molar-refractivity contribution in [2.45, 2.75) is 25.6 Å². The van der Waals surface area contributed by atoms with Gasteiger partial charge in [-0.2, -0.15) is 13.2 Å². The van der Waals surface area contributed by atoms with E-state index in [0.717, 1.165) is 12.5 Å². The van der Waals surface area contributed by atoms with Gasteiger partial charge in [0.1, 0.15) is 5.75 Å². The van der Waals surface area contributed by atoms with E-state index >= 15 is 0 Å². The summed E-state index contributed by atoms with van der Waals surface area (Å²) in [6, 6.07) is 4.81. The SMILES string of the molecule is CC(Oc1ccccc1C(F)(F)F)C(=O)N1CCCN(C=O)CC1. The minimum atomic E-state index is -4.55. The number of carbonyl (C=O) groups is 2. The highest BCUT2D eigenvalue weighted by molar-refractivity contribution is 5.81. The van der Waals surface area contributed by atoms with E-state index in [1.165, 1.54) is 30.0 Å². The van der Waals surface area contributed by atoms with Gasteiger partial charge in [0.15, 0.2) is 6.10 Å². The molecule has 0 radical (unpaired) electrons. The highest BCUT2D eigenvalue weighted by Gasteiger charge is 2.35. The largest absolute Gasteiger partial charge is 0.480 e. The number of rotatable bonds is 4. The molecular formula is C16H19F3N2O3. The number of ether oxygens (including phenoxy) is 1. The van der Waals surface area contributed by atoms with Gasteiger partial charge in [-0.15, -0.1) is 0 Å². The van der Waals surface area contributed by atoms with E-state index in [1.54, 1.807) is 4.90 Å². The van der Waals surface area contributed by atoms with Crippen molar-refractivity contribution in [1.29, 1.82) is 0 Å². The maximum absolute atomic E-state index is 13.0. The van der Waals surface area contributed by atoms with Crippen LogP contribution in [0.1, 0.15) is 18.9 Å². The van der Waals surface area contributed by atoms with Gasteiger partial charge in [-0.25, -0.2) is 0 Å². The number of alkyl halides is 3. The van der Waals surface area contributed by atoms with Gasteiger partial charge in [-0.1, -0.05) is 12.1 Å². The molecule has 1 aliphatic rings. The summed E-state index contributed by atoms with van der Waals surface area (Å²) in [5.41, 5.74) is -0.910. The first-order chi connectivity index (χ1) is 11.3. The highest BCUT2D eigenvalue weighted by atomic mass is 19.4. The predicted molar refractivity (Wildman–Crippen MR) is 80.4 cm³/mol. The molecule has 0 spiro atoms. The number of nitrogens with zero attached hydrogens (tertiary/aromatic N) is 2. The first-order valence-corrected chi connectivity index (χ1v) is 7.64. The van der Waals surface area contributed by atoms with E-state index in [2.05, 4.69) is 0 Å². The molecule has 1 unspecified atom stereocenters. The zero-order valence-corrected chi connectivity index (χ0v) is 13.3. The molecule has 5 nitrogen and oxygen atoms in total. The standard InChI is InChI=1S/C16H19F3N2O3/c1-12(15(23)21-8-4-7-20(11-22)9-10-21)24-14-6-3-2-5-13(14)16(17,18)19/h2-3,5-6,11-12H,4,7-10H2,1H3. The topological polar surface area (TPSA) is 49.9 Å². The van der Waals surface area contributed by atoms with Gasteiger partial charge in [0.25, 0.3) is 5.91 Å². The number of hydrogen-bond acceptors (Lipinski definition) is 3. The monoisotopic (exact) mass is 344 g/mol. The number of halogens is 3. The van der Waals surface area contributed by atoms with Gasteiger partial charge in [0.2, 0.25) is 6.41 Å². The maximum atomic E-state index is 13.0. The quantitative estimate of drug-likeness (QED) is 0.787. The Hall–Kier alpha value is -2.25. The number of para-hydroxylation sites is 1.